The summed E-state index contributed by atoms with van der Waals surface area (Å²) >= 11 is 0. The third kappa shape index (κ3) is 6.78. The van der Waals surface area contributed by atoms with Crippen LogP contribution in [0.25, 0.3) is 6.08 Å². The average Bonchev–Trinajstić information content (AvgIpc) is 4.08. The summed E-state index contributed by atoms with van der Waals surface area (Å²) in [5.74, 6) is -0.952. The molecule has 11 unspecified atom stereocenters. The molecule has 8 heteroatoms. The number of hydrogen-bond acceptors (Lipinski definition) is 6. The first-order chi connectivity index (χ1) is 28.8. The summed E-state index contributed by atoms with van der Waals surface area (Å²) in [5, 5.41) is 0. The molecule has 0 spiro atoms. The van der Waals surface area contributed by atoms with Crippen LogP contribution >= 0.6 is 0 Å². The molecule has 0 saturated carbocycles. The Labute approximate surface area is 354 Å². The van der Waals surface area contributed by atoms with Crippen molar-refractivity contribution in [3.63, 3.8) is 0 Å². The molecule has 10 rings (SSSR count). The summed E-state index contributed by atoms with van der Waals surface area (Å²) in [6, 6.07) is 28.7. The molecule has 0 radical (unpaired) electrons. The van der Waals surface area contributed by atoms with Gasteiger partial charge in [0.1, 0.15) is 0 Å². The summed E-state index contributed by atoms with van der Waals surface area (Å²) < 4.78 is 12.1. The number of imide groups is 2. The van der Waals surface area contributed by atoms with E-state index >= 15 is 0 Å². The Balaban J connectivity index is 0.000000147. The molecule has 60 heavy (non-hydrogen) atoms. The van der Waals surface area contributed by atoms with E-state index in [9.17, 15) is 19.2 Å². The number of benzene rings is 4. The minimum absolute atomic E-state index is 0.0719. The monoisotopic (exact) mass is 804 g/mol. The molecule has 4 aromatic rings. The molecule has 4 bridgehead atoms. The minimum Gasteiger partial charge on any atom is -0.373 e. The zero-order valence-corrected chi connectivity index (χ0v) is 35.9. The van der Waals surface area contributed by atoms with Crippen LogP contribution in [0.5, 0.6) is 0 Å². The van der Waals surface area contributed by atoms with Crippen LogP contribution in [0.2, 0.25) is 0 Å². The number of ether oxygens (including phenoxy) is 2. The van der Waals surface area contributed by atoms with Gasteiger partial charge in [0.15, 0.2) is 0 Å². The lowest BCUT2D eigenvalue weighted by molar-refractivity contribution is -0.126. The first-order valence-corrected chi connectivity index (χ1v) is 21.4. The fourth-order valence-electron chi connectivity index (χ4n) is 11.5. The van der Waals surface area contributed by atoms with Gasteiger partial charge in [-0.2, -0.15) is 0 Å². The maximum atomic E-state index is 13.7. The topological polar surface area (TPSA) is 93.2 Å². The molecule has 4 aromatic carbocycles. The average molecular weight is 805 g/mol. The predicted octanol–water partition coefficient (Wildman–Crippen LogP) is 9.33. The van der Waals surface area contributed by atoms with Gasteiger partial charge in [-0.1, -0.05) is 135 Å². The Morgan fingerprint density at radius 1 is 0.600 bits per heavy atom. The highest BCUT2D eigenvalue weighted by Crippen LogP contribution is 2.58. The zero-order valence-electron chi connectivity index (χ0n) is 35.9. The number of anilines is 2. The second-order valence-electron chi connectivity index (χ2n) is 17.6. The lowest BCUT2D eigenvalue weighted by Crippen LogP contribution is -2.42. The molecule has 0 N–H and O–H groups in total. The number of aryl methyl sites for hydroxylation is 6. The van der Waals surface area contributed by atoms with Gasteiger partial charge in [0.2, 0.25) is 23.6 Å². The van der Waals surface area contributed by atoms with Gasteiger partial charge >= 0.3 is 0 Å². The van der Waals surface area contributed by atoms with E-state index in [1.165, 1.54) is 20.9 Å². The molecule has 310 valence electrons. The highest BCUT2D eigenvalue weighted by Gasteiger charge is 2.69. The first kappa shape index (κ1) is 41.3. The van der Waals surface area contributed by atoms with Crippen molar-refractivity contribution in [2.45, 2.75) is 92.1 Å². The summed E-state index contributed by atoms with van der Waals surface area (Å²) in [6.07, 6.45) is 5.82. The number of fused-ring (bicyclic) bond motifs is 10. The summed E-state index contributed by atoms with van der Waals surface area (Å²) in [5.41, 5.74) is 10.2. The number of rotatable bonds is 6. The third-order valence-electron chi connectivity index (χ3n) is 13.7. The van der Waals surface area contributed by atoms with E-state index in [1.807, 2.05) is 108 Å². The van der Waals surface area contributed by atoms with Gasteiger partial charge in [-0.3, -0.25) is 19.2 Å². The summed E-state index contributed by atoms with van der Waals surface area (Å²) in [6.45, 7) is 20.0. The Morgan fingerprint density at radius 2 is 1.02 bits per heavy atom. The van der Waals surface area contributed by atoms with Crippen LogP contribution in [0.1, 0.15) is 70.7 Å². The molecular weight excluding hydrogens is 749 g/mol. The quantitative estimate of drug-likeness (QED) is 0.143. The molecule has 11 atom stereocenters. The van der Waals surface area contributed by atoms with Crippen LogP contribution in [-0.4, -0.2) is 48.0 Å². The second kappa shape index (κ2) is 16.2. The number of hydrogen-bond donors (Lipinski definition) is 0. The lowest BCUT2D eigenvalue weighted by Gasteiger charge is -2.36. The van der Waals surface area contributed by atoms with Crippen molar-refractivity contribution in [2.24, 2.45) is 35.5 Å². The normalized spacial score (nSPS) is 29.6. The highest BCUT2D eigenvalue weighted by atomic mass is 16.5. The van der Waals surface area contributed by atoms with Crippen molar-refractivity contribution in [2.75, 3.05) is 9.80 Å². The van der Waals surface area contributed by atoms with Crippen molar-refractivity contribution in [1.82, 2.24) is 0 Å². The van der Waals surface area contributed by atoms with Crippen LogP contribution in [0, 0.1) is 77.0 Å². The number of amides is 4. The van der Waals surface area contributed by atoms with E-state index < -0.39 is 0 Å². The van der Waals surface area contributed by atoms with Gasteiger partial charge in [0, 0.05) is 0 Å². The molecule has 6 aliphatic rings. The van der Waals surface area contributed by atoms with Crippen LogP contribution in [-0.2, 0) is 28.7 Å². The van der Waals surface area contributed by atoms with Gasteiger partial charge in [-0.25, -0.2) is 9.80 Å². The molecule has 4 amide bonds. The van der Waals surface area contributed by atoms with Crippen LogP contribution < -0.4 is 9.80 Å². The summed E-state index contributed by atoms with van der Waals surface area (Å²) in [4.78, 5) is 55.7. The van der Waals surface area contributed by atoms with Crippen molar-refractivity contribution >= 4 is 41.1 Å². The molecule has 6 heterocycles. The molecule has 8 nitrogen and oxygen atoms in total. The minimum atomic E-state index is -0.364. The van der Waals surface area contributed by atoms with Gasteiger partial charge in [0.25, 0.3) is 0 Å². The fraction of sp³-hybridized carbons (Fsp3) is 0.385. The molecular formula is C52H56N2O6. The highest BCUT2D eigenvalue weighted by molar-refractivity contribution is 6.24. The molecule has 5 fully saturated rings. The van der Waals surface area contributed by atoms with E-state index in [-0.39, 0.29) is 83.6 Å². The maximum absolute atomic E-state index is 13.7. The summed E-state index contributed by atoms with van der Waals surface area (Å²) in [7, 11) is 0. The van der Waals surface area contributed by atoms with Gasteiger partial charge in [-0.05, 0) is 99.1 Å². The number of nitrogens with zero attached hydrogens (tertiary/aromatic N) is 2. The molecule has 5 saturated heterocycles. The predicted molar refractivity (Wildman–Crippen MR) is 235 cm³/mol. The maximum Gasteiger partial charge on any atom is 0.240 e. The molecule has 0 aliphatic carbocycles. The van der Waals surface area contributed by atoms with Crippen LogP contribution in [0.4, 0.5) is 11.4 Å². The van der Waals surface area contributed by atoms with Crippen molar-refractivity contribution < 1.29 is 28.7 Å². The zero-order chi connectivity index (χ0) is 42.7. The lowest BCUT2D eigenvalue weighted by atomic mass is 9.64. The Hall–Kier alpha value is -5.44. The van der Waals surface area contributed by atoms with Crippen molar-refractivity contribution in [1.29, 1.82) is 0 Å². The third-order valence-corrected chi connectivity index (χ3v) is 13.7. The number of carbonyl (C=O) groups is 4. The van der Waals surface area contributed by atoms with Crippen LogP contribution in [0.3, 0.4) is 0 Å². The van der Waals surface area contributed by atoms with Gasteiger partial charge < -0.3 is 9.47 Å². The fourth-order valence-corrected chi connectivity index (χ4v) is 11.5. The van der Waals surface area contributed by atoms with Crippen molar-refractivity contribution in [3.05, 3.63) is 148 Å². The SMILES string of the molecule is C=Cc1ccccc1.CCC(c1ccccc1)C1C(C)C2OC1C1C(=O)N(c3c(C)cc(C)cc3C)C(=O)C21.Cc1cc(C)c(N2C(=O)C3C4C=CC(O4)C3C2=O)c(C)c1. The Kier molecular flexibility index (Phi) is 11.2. The van der Waals surface area contributed by atoms with Gasteiger partial charge in [-0.15, -0.1) is 0 Å². The Bertz CT molecular complexity index is 2310. The second-order valence-corrected chi connectivity index (χ2v) is 17.6. The Morgan fingerprint density at radius 3 is 1.43 bits per heavy atom. The van der Waals surface area contributed by atoms with E-state index in [2.05, 4.69) is 56.8 Å². The first-order valence-electron chi connectivity index (χ1n) is 21.4. The van der Waals surface area contributed by atoms with E-state index in [1.54, 1.807) is 0 Å². The smallest absolute Gasteiger partial charge is 0.240 e. The van der Waals surface area contributed by atoms with E-state index in [4.69, 9.17) is 9.47 Å². The molecule has 0 aromatic heterocycles. The van der Waals surface area contributed by atoms with E-state index in [0.29, 0.717) is 5.92 Å². The van der Waals surface area contributed by atoms with E-state index in [0.717, 1.165) is 51.2 Å². The molecule has 6 aliphatic heterocycles. The van der Waals surface area contributed by atoms with Crippen LogP contribution in [0.15, 0.2) is 104 Å². The number of carbonyl (C=O) groups excluding carboxylic acids is 4. The largest absolute Gasteiger partial charge is 0.373 e. The van der Waals surface area contributed by atoms with Gasteiger partial charge in [0.05, 0.1) is 59.5 Å². The van der Waals surface area contributed by atoms with Crippen molar-refractivity contribution in [3.8, 4) is 0 Å². The standard InChI is InChI=1S/C27H31NO3.C17H17NO3.C8H8/c1-6-19(18-10-8-7-9-11-18)20-17(5)24-21-22(25(20)31-24)27(30)28(26(21)29)23-15(3)12-14(2)13-16(23)4;1-8-6-9(2)15(10(3)7-8)18-16(19)13-11-4-5-12(21-11)14(13)17(18)20;1-2-8-6-4-3-5-7-8/h7-13,17,19-22,24-25H,6H2,1-5H3;4-7,11-14H,1-3H3;2-7H,1H2.